The second-order valence-electron chi connectivity index (χ2n) is 6.37. The smallest absolute Gasteiger partial charge is 0.330 e. The SMILES string of the molecule is CSC[C@H](N)C(=O)N[C@@H]1C(=O)O[C@@]2(C(=O)N(C)c3ccccc32)[C@@H]1C. The third-order valence-corrected chi connectivity index (χ3v) is 5.62. The molecule has 1 aromatic carbocycles. The van der Waals surface area contributed by atoms with Gasteiger partial charge in [-0.05, 0) is 12.3 Å². The van der Waals surface area contributed by atoms with Gasteiger partial charge in [-0.2, -0.15) is 11.8 Å². The van der Waals surface area contributed by atoms with E-state index in [4.69, 9.17) is 10.5 Å². The molecule has 2 aliphatic rings. The fourth-order valence-corrected chi connectivity index (χ4v) is 4.06. The standard InChI is InChI=1S/C17H21N3O4S/c1-9-13(19-14(21)11(18)8-25-3)15(22)24-17(9)10-6-4-5-7-12(10)20(2)16(17)23/h4-7,9,11,13H,8,18H2,1-3H3,(H,19,21)/t9-,11+,13+,17+/m1/s1. The summed E-state index contributed by atoms with van der Waals surface area (Å²) in [5, 5.41) is 2.66. The van der Waals surface area contributed by atoms with E-state index >= 15 is 0 Å². The van der Waals surface area contributed by atoms with Crippen molar-refractivity contribution in [2.75, 3.05) is 24.0 Å². The number of fused-ring (bicyclic) bond motifs is 2. The Balaban J connectivity index is 1.93. The molecule has 0 aliphatic carbocycles. The first-order valence-electron chi connectivity index (χ1n) is 8.00. The predicted molar refractivity (Wildman–Crippen MR) is 95.1 cm³/mol. The number of carbonyl (C=O) groups is 3. The Morgan fingerprint density at radius 2 is 2.12 bits per heavy atom. The lowest BCUT2D eigenvalue weighted by molar-refractivity contribution is -0.159. The van der Waals surface area contributed by atoms with E-state index in [9.17, 15) is 14.4 Å². The van der Waals surface area contributed by atoms with E-state index in [-0.39, 0.29) is 5.91 Å². The Labute approximate surface area is 150 Å². The molecule has 1 fully saturated rings. The van der Waals surface area contributed by atoms with E-state index in [1.54, 1.807) is 26.1 Å². The zero-order valence-electron chi connectivity index (χ0n) is 14.3. The average Bonchev–Trinajstić information content (AvgIpc) is 2.97. The monoisotopic (exact) mass is 363 g/mol. The Morgan fingerprint density at radius 1 is 1.44 bits per heavy atom. The van der Waals surface area contributed by atoms with Crippen LogP contribution in [0.4, 0.5) is 5.69 Å². The number of para-hydroxylation sites is 1. The van der Waals surface area contributed by atoms with Crippen molar-refractivity contribution in [3.8, 4) is 0 Å². The Hall–Kier alpha value is -2.06. The van der Waals surface area contributed by atoms with Gasteiger partial charge in [-0.1, -0.05) is 25.1 Å². The molecule has 2 aliphatic heterocycles. The van der Waals surface area contributed by atoms with Gasteiger partial charge in [0.15, 0.2) is 0 Å². The number of benzene rings is 1. The molecule has 2 heterocycles. The van der Waals surface area contributed by atoms with E-state index in [2.05, 4.69) is 5.32 Å². The van der Waals surface area contributed by atoms with Crippen molar-refractivity contribution in [1.82, 2.24) is 5.32 Å². The summed E-state index contributed by atoms with van der Waals surface area (Å²) in [5.74, 6) is -1.45. The van der Waals surface area contributed by atoms with Crippen LogP contribution in [0.25, 0.3) is 0 Å². The summed E-state index contributed by atoms with van der Waals surface area (Å²) < 4.78 is 5.59. The fourth-order valence-electron chi connectivity index (χ4n) is 3.55. The molecule has 3 rings (SSSR count). The normalized spacial score (nSPS) is 28.9. The van der Waals surface area contributed by atoms with Gasteiger partial charge in [-0.25, -0.2) is 4.79 Å². The molecule has 25 heavy (non-hydrogen) atoms. The number of amides is 2. The van der Waals surface area contributed by atoms with E-state index < -0.39 is 35.5 Å². The largest absolute Gasteiger partial charge is 0.442 e. The van der Waals surface area contributed by atoms with Crippen LogP contribution < -0.4 is 16.0 Å². The van der Waals surface area contributed by atoms with Gasteiger partial charge in [-0.3, -0.25) is 9.59 Å². The first kappa shape index (κ1) is 17.8. The molecule has 4 atom stereocenters. The number of esters is 1. The van der Waals surface area contributed by atoms with Crippen LogP contribution in [0, 0.1) is 5.92 Å². The second kappa shape index (κ2) is 6.34. The molecule has 7 nitrogen and oxygen atoms in total. The summed E-state index contributed by atoms with van der Waals surface area (Å²) in [7, 11) is 1.65. The van der Waals surface area contributed by atoms with Crippen LogP contribution in [-0.2, 0) is 24.7 Å². The maximum Gasteiger partial charge on any atom is 0.330 e. The summed E-state index contributed by atoms with van der Waals surface area (Å²) in [6.45, 7) is 1.74. The number of nitrogens with zero attached hydrogens (tertiary/aromatic N) is 1. The number of hydrogen-bond donors (Lipinski definition) is 2. The molecule has 0 bridgehead atoms. The second-order valence-corrected chi connectivity index (χ2v) is 7.29. The molecular formula is C17H21N3O4S. The minimum atomic E-state index is -1.40. The van der Waals surface area contributed by atoms with Gasteiger partial charge in [0.2, 0.25) is 11.5 Å². The lowest BCUT2D eigenvalue weighted by Gasteiger charge is -2.27. The van der Waals surface area contributed by atoms with Crippen LogP contribution in [0.1, 0.15) is 12.5 Å². The third kappa shape index (κ3) is 2.51. The highest BCUT2D eigenvalue weighted by Crippen LogP contribution is 2.51. The van der Waals surface area contributed by atoms with Crippen molar-refractivity contribution in [2.45, 2.75) is 24.6 Å². The highest BCUT2D eigenvalue weighted by molar-refractivity contribution is 7.98. The number of nitrogens with two attached hydrogens (primary N) is 1. The molecule has 1 spiro atoms. The number of nitrogens with one attached hydrogen (secondary N) is 1. The van der Waals surface area contributed by atoms with Crippen LogP contribution in [-0.4, -0.2) is 48.9 Å². The van der Waals surface area contributed by atoms with E-state index in [1.807, 2.05) is 18.4 Å². The van der Waals surface area contributed by atoms with Crippen LogP contribution in [0.5, 0.6) is 0 Å². The molecule has 1 saturated heterocycles. The van der Waals surface area contributed by atoms with E-state index in [0.717, 1.165) is 0 Å². The van der Waals surface area contributed by atoms with Crippen molar-refractivity contribution >= 4 is 35.2 Å². The number of rotatable bonds is 4. The van der Waals surface area contributed by atoms with Crippen molar-refractivity contribution in [1.29, 1.82) is 0 Å². The summed E-state index contributed by atoms with van der Waals surface area (Å²) in [4.78, 5) is 39.1. The molecule has 134 valence electrons. The highest BCUT2D eigenvalue weighted by atomic mass is 32.2. The van der Waals surface area contributed by atoms with Crippen molar-refractivity contribution in [2.24, 2.45) is 11.7 Å². The summed E-state index contributed by atoms with van der Waals surface area (Å²) in [6.07, 6.45) is 1.85. The number of thioether (sulfide) groups is 1. The average molecular weight is 363 g/mol. The molecule has 2 amide bonds. The maximum atomic E-state index is 12.9. The molecule has 3 N–H and O–H groups in total. The van der Waals surface area contributed by atoms with E-state index in [0.29, 0.717) is 17.0 Å². The van der Waals surface area contributed by atoms with E-state index in [1.165, 1.54) is 16.7 Å². The number of carbonyl (C=O) groups excluding carboxylic acids is 3. The van der Waals surface area contributed by atoms with Crippen LogP contribution in [0.3, 0.4) is 0 Å². The highest BCUT2D eigenvalue weighted by Gasteiger charge is 2.64. The molecule has 0 aromatic heterocycles. The van der Waals surface area contributed by atoms with Crippen molar-refractivity contribution in [3.05, 3.63) is 29.8 Å². The van der Waals surface area contributed by atoms with Crippen molar-refractivity contribution < 1.29 is 19.1 Å². The quantitative estimate of drug-likeness (QED) is 0.743. The third-order valence-electron chi connectivity index (χ3n) is 4.93. The topological polar surface area (TPSA) is 102 Å². The van der Waals surface area contributed by atoms with Gasteiger partial charge in [0.1, 0.15) is 6.04 Å². The minimum Gasteiger partial charge on any atom is -0.442 e. The summed E-state index contributed by atoms with van der Waals surface area (Å²) in [5.41, 5.74) is 5.76. The molecular weight excluding hydrogens is 342 g/mol. The Bertz CT molecular complexity index is 740. The maximum absolute atomic E-state index is 12.9. The first-order chi connectivity index (χ1) is 11.8. The lowest BCUT2D eigenvalue weighted by Crippen LogP contribution is -2.51. The summed E-state index contributed by atoms with van der Waals surface area (Å²) in [6, 6.07) is 5.58. The van der Waals surface area contributed by atoms with Crippen LogP contribution in [0.2, 0.25) is 0 Å². The molecule has 1 aromatic rings. The predicted octanol–water partition coefficient (Wildman–Crippen LogP) is 0.226. The van der Waals surface area contributed by atoms with Gasteiger partial charge in [0, 0.05) is 24.3 Å². The zero-order chi connectivity index (χ0) is 18.4. The molecule has 0 saturated carbocycles. The Morgan fingerprint density at radius 3 is 2.80 bits per heavy atom. The number of anilines is 1. The molecule has 0 radical (unpaired) electrons. The summed E-state index contributed by atoms with van der Waals surface area (Å²) >= 11 is 1.44. The Kier molecular flexibility index (Phi) is 4.51. The number of hydrogen-bond acceptors (Lipinski definition) is 6. The van der Waals surface area contributed by atoms with Crippen molar-refractivity contribution in [3.63, 3.8) is 0 Å². The van der Waals surface area contributed by atoms with Gasteiger partial charge < -0.3 is 20.7 Å². The minimum absolute atomic E-state index is 0.306. The molecule has 8 heteroatoms. The fraction of sp³-hybridized carbons (Fsp3) is 0.471. The van der Waals surface area contributed by atoms with Crippen LogP contribution >= 0.6 is 11.8 Å². The van der Waals surface area contributed by atoms with Gasteiger partial charge in [0.25, 0.3) is 5.91 Å². The number of ether oxygens (including phenoxy) is 1. The van der Waals surface area contributed by atoms with Gasteiger partial charge in [-0.15, -0.1) is 0 Å². The van der Waals surface area contributed by atoms with Gasteiger partial charge >= 0.3 is 5.97 Å². The van der Waals surface area contributed by atoms with Gasteiger partial charge in [0.05, 0.1) is 11.7 Å². The number of likely N-dealkylation sites (N-methyl/N-ethyl adjacent to an activating group) is 1. The lowest BCUT2D eigenvalue weighted by atomic mass is 9.81. The van der Waals surface area contributed by atoms with Crippen LogP contribution in [0.15, 0.2) is 24.3 Å². The first-order valence-corrected chi connectivity index (χ1v) is 9.39. The molecule has 0 unspecified atom stereocenters. The zero-order valence-corrected chi connectivity index (χ0v) is 15.1.